The largest absolute Gasteiger partial charge is 0.417 e. The van der Waals surface area contributed by atoms with E-state index < -0.39 is 29.3 Å². The number of alkyl halides is 3. The number of hydrogen-bond acceptors (Lipinski definition) is 2. The molecule has 1 unspecified atom stereocenters. The Bertz CT molecular complexity index is 794. The zero-order valence-corrected chi connectivity index (χ0v) is 11.8. The van der Waals surface area contributed by atoms with Gasteiger partial charge < -0.3 is 4.90 Å². The van der Waals surface area contributed by atoms with Crippen molar-refractivity contribution in [2.45, 2.75) is 18.8 Å². The lowest BCUT2D eigenvalue weighted by Gasteiger charge is -2.20. The first-order valence-electron chi connectivity index (χ1n) is 6.88. The van der Waals surface area contributed by atoms with Crippen LogP contribution in [0.15, 0.2) is 48.5 Å². The molecule has 1 heterocycles. The second kappa shape index (κ2) is 5.43. The van der Waals surface area contributed by atoms with E-state index in [9.17, 15) is 23.2 Å². The van der Waals surface area contributed by atoms with Crippen molar-refractivity contribution in [2.75, 3.05) is 0 Å². The molecule has 0 aliphatic carbocycles. The van der Waals surface area contributed by atoms with Crippen molar-refractivity contribution in [1.82, 2.24) is 4.90 Å². The minimum atomic E-state index is -4.64. The normalized spacial score (nSPS) is 17.0. The minimum absolute atomic E-state index is 0.0872. The molecule has 0 aromatic heterocycles. The molecule has 0 saturated carbocycles. The van der Waals surface area contributed by atoms with E-state index in [-0.39, 0.29) is 12.1 Å². The molecule has 6 heteroatoms. The van der Waals surface area contributed by atoms with Gasteiger partial charge in [0.25, 0.3) is 5.91 Å². The van der Waals surface area contributed by atoms with Crippen LogP contribution in [0.4, 0.5) is 13.2 Å². The predicted octanol–water partition coefficient (Wildman–Crippen LogP) is 3.93. The van der Waals surface area contributed by atoms with Crippen molar-refractivity contribution in [3.05, 3.63) is 70.8 Å². The van der Waals surface area contributed by atoms with Gasteiger partial charge in [-0.25, -0.2) is 0 Å². The maximum atomic E-state index is 13.1. The van der Waals surface area contributed by atoms with E-state index in [1.54, 1.807) is 30.3 Å². The van der Waals surface area contributed by atoms with Crippen LogP contribution in [-0.2, 0) is 12.7 Å². The predicted molar refractivity (Wildman–Crippen MR) is 76.1 cm³/mol. The Labute approximate surface area is 130 Å². The van der Waals surface area contributed by atoms with E-state index in [2.05, 4.69) is 0 Å². The van der Waals surface area contributed by atoms with Gasteiger partial charge >= 0.3 is 6.18 Å². The van der Waals surface area contributed by atoms with Gasteiger partial charge in [0, 0.05) is 12.1 Å². The molecule has 2 aromatic rings. The van der Waals surface area contributed by atoms with Crippen LogP contribution in [0.1, 0.15) is 33.1 Å². The molecule has 23 heavy (non-hydrogen) atoms. The summed E-state index contributed by atoms with van der Waals surface area (Å²) in [6.07, 6.45) is -4.64. The van der Waals surface area contributed by atoms with Crippen molar-refractivity contribution in [3.63, 3.8) is 0 Å². The molecular formula is C17H11F3N2O. The molecule has 1 amide bonds. The lowest BCUT2D eigenvalue weighted by atomic mass is 10.00. The van der Waals surface area contributed by atoms with Crippen molar-refractivity contribution in [1.29, 1.82) is 5.26 Å². The van der Waals surface area contributed by atoms with Gasteiger partial charge in [0.1, 0.15) is 6.04 Å². The van der Waals surface area contributed by atoms with Crippen molar-refractivity contribution >= 4 is 5.91 Å². The lowest BCUT2D eigenvalue weighted by molar-refractivity contribution is -0.137. The highest BCUT2D eigenvalue weighted by Crippen LogP contribution is 2.41. The third-order valence-corrected chi connectivity index (χ3v) is 3.80. The number of benzene rings is 2. The van der Waals surface area contributed by atoms with Crippen molar-refractivity contribution < 1.29 is 18.0 Å². The molecule has 2 aromatic carbocycles. The van der Waals surface area contributed by atoms with Crippen LogP contribution in [-0.4, -0.2) is 10.8 Å². The zero-order chi connectivity index (χ0) is 16.6. The number of fused-ring (bicyclic) bond motifs is 1. The third kappa shape index (κ3) is 2.55. The summed E-state index contributed by atoms with van der Waals surface area (Å²) >= 11 is 0. The van der Waals surface area contributed by atoms with Crippen LogP contribution < -0.4 is 0 Å². The number of carbonyl (C=O) groups is 1. The molecule has 1 aliphatic rings. The lowest BCUT2D eigenvalue weighted by Crippen LogP contribution is -2.27. The van der Waals surface area contributed by atoms with Gasteiger partial charge in [-0.1, -0.05) is 42.5 Å². The summed E-state index contributed by atoms with van der Waals surface area (Å²) < 4.78 is 39.4. The summed E-state index contributed by atoms with van der Waals surface area (Å²) in [5, 5.41) is 9.35. The highest BCUT2D eigenvalue weighted by atomic mass is 19.4. The van der Waals surface area contributed by atoms with Gasteiger partial charge in [-0.2, -0.15) is 18.4 Å². The summed E-state index contributed by atoms with van der Waals surface area (Å²) in [7, 11) is 0. The molecule has 0 saturated heterocycles. The topological polar surface area (TPSA) is 44.1 Å². The second-order valence-corrected chi connectivity index (χ2v) is 5.22. The fourth-order valence-corrected chi connectivity index (χ4v) is 2.78. The molecule has 1 aliphatic heterocycles. The van der Waals surface area contributed by atoms with Crippen molar-refractivity contribution in [2.24, 2.45) is 0 Å². The molecule has 0 radical (unpaired) electrons. The molecule has 1 atom stereocenters. The molecule has 116 valence electrons. The number of halogens is 3. The summed E-state index contributed by atoms with van der Waals surface area (Å²) in [5.74, 6) is -0.761. The fraction of sp³-hybridized carbons (Fsp3) is 0.176. The molecule has 0 N–H and O–H groups in total. The smallest absolute Gasteiger partial charge is 0.314 e. The molecule has 3 rings (SSSR count). The Morgan fingerprint density at radius 2 is 1.78 bits per heavy atom. The SMILES string of the molecule is N#CC1c2cccc(C(F)(F)F)c2C(=O)N1Cc1ccccc1. The Morgan fingerprint density at radius 3 is 2.39 bits per heavy atom. The Morgan fingerprint density at radius 1 is 1.09 bits per heavy atom. The van der Waals surface area contributed by atoms with E-state index in [1.165, 1.54) is 17.0 Å². The summed E-state index contributed by atoms with van der Waals surface area (Å²) in [6.45, 7) is 0.0872. The van der Waals surface area contributed by atoms with Crippen LogP contribution in [0, 0.1) is 11.3 Å². The molecule has 0 fully saturated rings. The molecule has 0 bridgehead atoms. The number of amides is 1. The number of nitrogens with zero attached hydrogens (tertiary/aromatic N) is 2. The van der Waals surface area contributed by atoms with Gasteiger partial charge in [-0.3, -0.25) is 4.79 Å². The number of rotatable bonds is 2. The number of nitriles is 1. The van der Waals surface area contributed by atoms with Crippen LogP contribution in [0.3, 0.4) is 0 Å². The Hall–Kier alpha value is -2.81. The van der Waals surface area contributed by atoms with E-state index in [4.69, 9.17) is 0 Å². The van der Waals surface area contributed by atoms with Crippen LogP contribution in [0.5, 0.6) is 0 Å². The van der Waals surface area contributed by atoms with Gasteiger partial charge in [0.15, 0.2) is 0 Å². The second-order valence-electron chi connectivity index (χ2n) is 5.22. The summed E-state index contributed by atoms with van der Waals surface area (Å²) in [4.78, 5) is 13.7. The molecular weight excluding hydrogens is 305 g/mol. The van der Waals surface area contributed by atoms with E-state index in [0.717, 1.165) is 11.6 Å². The van der Waals surface area contributed by atoms with Crippen LogP contribution in [0.25, 0.3) is 0 Å². The van der Waals surface area contributed by atoms with Gasteiger partial charge in [0.2, 0.25) is 0 Å². The molecule has 0 spiro atoms. The fourth-order valence-electron chi connectivity index (χ4n) is 2.78. The van der Waals surface area contributed by atoms with Gasteiger partial charge in [0.05, 0.1) is 17.2 Å². The van der Waals surface area contributed by atoms with Gasteiger partial charge in [-0.15, -0.1) is 0 Å². The van der Waals surface area contributed by atoms with E-state index >= 15 is 0 Å². The first-order chi connectivity index (χ1) is 10.9. The standard InChI is InChI=1S/C17H11F3N2O/c18-17(19,20)13-8-4-7-12-14(9-21)22(16(23)15(12)13)10-11-5-2-1-3-6-11/h1-8,14H,10H2. The first kappa shape index (κ1) is 15.1. The van der Waals surface area contributed by atoms with Crippen molar-refractivity contribution in [3.8, 4) is 6.07 Å². The average Bonchev–Trinajstić information content (AvgIpc) is 2.79. The maximum Gasteiger partial charge on any atom is 0.417 e. The highest BCUT2D eigenvalue weighted by molar-refractivity contribution is 6.01. The summed E-state index contributed by atoms with van der Waals surface area (Å²) in [5.41, 5.74) is -0.538. The summed E-state index contributed by atoms with van der Waals surface area (Å²) in [6, 6.07) is 13.3. The quantitative estimate of drug-likeness (QED) is 0.842. The van der Waals surface area contributed by atoms with Gasteiger partial charge in [-0.05, 0) is 11.6 Å². The van der Waals surface area contributed by atoms with Crippen LogP contribution in [0.2, 0.25) is 0 Å². The van der Waals surface area contributed by atoms with E-state index in [0.29, 0.717) is 0 Å². The maximum absolute atomic E-state index is 13.1. The zero-order valence-electron chi connectivity index (χ0n) is 11.8. The number of hydrogen-bond donors (Lipinski definition) is 0. The monoisotopic (exact) mass is 316 g/mol. The average molecular weight is 316 g/mol. The highest BCUT2D eigenvalue weighted by Gasteiger charge is 2.44. The Balaban J connectivity index is 2.06. The van der Waals surface area contributed by atoms with Crippen LogP contribution >= 0.6 is 0 Å². The first-order valence-corrected chi connectivity index (χ1v) is 6.88. The molecule has 3 nitrogen and oxygen atoms in total. The Kier molecular flexibility index (Phi) is 3.57. The van der Waals surface area contributed by atoms with E-state index in [1.807, 2.05) is 6.07 Å². The minimum Gasteiger partial charge on any atom is -0.314 e. The number of carbonyl (C=O) groups excluding carboxylic acids is 1. The third-order valence-electron chi connectivity index (χ3n) is 3.80.